The van der Waals surface area contributed by atoms with Crippen LogP contribution in [-0.2, 0) is 0 Å². The van der Waals surface area contributed by atoms with E-state index in [0.717, 1.165) is 43.3 Å². The van der Waals surface area contributed by atoms with Gasteiger partial charge in [-0.15, -0.1) is 0 Å². The van der Waals surface area contributed by atoms with E-state index in [2.05, 4.69) is 58.2 Å². The first-order valence-corrected chi connectivity index (χ1v) is 8.17. The van der Waals surface area contributed by atoms with Crippen LogP contribution in [0.4, 0.5) is 17.5 Å². The molecule has 0 spiro atoms. The molecule has 5 heteroatoms. The summed E-state index contributed by atoms with van der Waals surface area (Å²) in [6.07, 6.45) is 1.07. The molecule has 1 aromatic carbocycles. The fourth-order valence-electron chi connectivity index (χ4n) is 2.45. The number of anilines is 3. The number of aryl methyl sites for hydroxylation is 1. The van der Waals surface area contributed by atoms with Gasteiger partial charge in [0, 0.05) is 30.5 Å². The number of nitrogens with zero attached hydrogens (tertiary/aromatic N) is 4. The van der Waals surface area contributed by atoms with E-state index in [1.165, 1.54) is 0 Å². The zero-order valence-corrected chi connectivity index (χ0v) is 14.6. The van der Waals surface area contributed by atoms with Crippen LogP contribution in [0.15, 0.2) is 36.4 Å². The maximum atomic E-state index is 4.69. The Kier molecular flexibility index (Phi) is 6.35. The van der Waals surface area contributed by atoms with E-state index >= 15 is 0 Å². The number of benzene rings is 1. The van der Waals surface area contributed by atoms with E-state index in [9.17, 15) is 0 Å². The average Bonchev–Trinajstić information content (AvgIpc) is 2.53. The predicted octanol–water partition coefficient (Wildman–Crippen LogP) is 3.31. The second kappa shape index (κ2) is 8.48. The Balaban J connectivity index is 2.12. The molecule has 0 aliphatic rings. The van der Waals surface area contributed by atoms with Crippen molar-refractivity contribution in [1.82, 2.24) is 14.9 Å². The Hall–Kier alpha value is -2.14. The Bertz CT molecular complexity index is 598. The van der Waals surface area contributed by atoms with Crippen LogP contribution in [0.25, 0.3) is 0 Å². The van der Waals surface area contributed by atoms with E-state index in [1.807, 2.05) is 31.2 Å². The first-order valence-electron chi connectivity index (χ1n) is 8.17. The maximum absolute atomic E-state index is 4.69. The maximum Gasteiger partial charge on any atom is 0.224 e. The quantitative estimate of drug-likeness (QED) is 0.758. The summed E-state index contributed by atoms with van der Waals surface area (Å²) in [6, 6.07) is 12.4. The summed E-state index contributed by atoms with van der Waals surface area (Å²) in [5, 5.41) is 3.34. The minimum Gasteiger partial charge on any atom is -0.354 e. The van der Waals surface area contributed by atoms with Crippen LogP contribution < -0.4 is 10.2 Å². The normalized spacial score (nSPS) is 10.8. The van der Waals surface area contributed by atoms with Crippen molar-refractivity contribution < 1.29 is 0 Å². The number of hydrogen-bond acceptors (Lipinski definition) is 5. The molecule has 0 radical (unpaired) electrons. The van der Waals surface area contributed by atoms with E-state index in [1.54, 1.807) is 0 Å². The molecule has 2 rings (SSSR count). The molecule has 0 fully saturated rings. The Morgan fingerprint density at radius 3 is 2.48 bits per heavy atom. The van der Waals surface area contributed by atoms with Crippen LogP contribution in [0.2, 0.25) is 0 Å². The summed E-state index contributed by atoms with van der Waals surface area (Å²) in [4.78, 5) is 13.6. The molecule has 0 amide bonds. The summed E-state index contributed by atoms with van der Waals surface area (Å²) >= 11 is 0. The van der Waals surface area contributed by atoms with E-state index < -0.39 is 0 Å². The number of rotatable bonds is 8. The lowest BCUT2D eigenvalue weighted by molar-refractivity contribution is 0.405. The topological polar surface area (TPSA) is 44.3 Å². The zero-order valence-electron chi connectivity index (χ0n) is 14.6. The molecule has 1 heterocycles. The zero-order chi connectivity index (χ0) is 16.7. The average molecular weight is 313 g/mol. The third kappa shape index (κ3) is 5.21. The van der Waals surface area contributed by atoms with Gasteiger partial charge in [-0.2, -0.15) is 4.98 Å². The van der Waals surface area contributed by atoms with Gasteiger partial charge in [-0.1, -0.05) is 18.2 Å². The van der Waals surface area contributed by atoms with Gasteiger partial charge in [-0.25, -0.2) is 4.98 Å². The largest absolute Gasteiger partial charge is 0.354 e. The molecule has 5 nitrogen and oxygen atoms in total. The fourth-order valence-corrected chi connectivity index (χ4v) is 2.45. The SMILES string of the molecule is CCN(c1ccccc1)c1cc(C)nc(NCCCN(C)C)n1. The van der Waals surface area contributed by atoms with E-state index in [-0.39, 0.29) is 0 Å². The highest BCUT2D eigenvalue weighted by molar-refractivity contribution is 5.60. The Labute approximate surface area is 139 Å². The molecular weight excluding hydrogens is 286 g/mol. The van der Waals surface area contributed by atoms with Crippen molar-refractivity contribution in [2.45, 2.75) is 20.3 Å². The van der Waals surface area contributed by atoms with Crippen molar-refractivity contribution in [3.8, 4) is 0 Å². The minimum absolute atomic E-state index is 0.702. The first-order chi connectivity index (χ1) is 11.1. The monoisotopic (exact) mass is 313 g/mol. The van der Waals surface area contributed by atoms with Gasteiger partial charge in [0.15, 0.2) is 0 Å². The van der Waals surface area contributed by atoms with E-state index in [0.29, 0.717) is 5.95 Å². The van der Waals surface area contributed by atoms with Crippen LogP contribution in [0.3, 0.4) is 0 Å². The lowest BCUT2D eigenvalue weighted by atomic mass is 10.2. The lowest BCUT2D eigenvalue weighted by Gasteiger charge is -2.23. The van der Waals surface area contributed by atoms with Gasteiger partial charge in [-0.3, -0.25) is 0 Å². The molecule has 0 aliphatic carbocycles. The van der Waals surface area contributed by atoms with Gasteiger partial charge in [0.05, 0.1) is 0 Å². The summed E-state index contributed by atoms with van der Waals surface area (Å²) in [7, 11) is 4.17. The molecule has 0 unspecified atom stereocenters. The third-order valence-corrected chi connectivity index (χ3v) is 3.57. The van der Waals surface area contributed by atoms with Gasteiger partial charge < -0.3 is 15.1 Å². The van der Waals surface area contributed by atoms with Crippen molar-refractivity contribution in [2.24, 2.45) is 0 Å². The van der Waals surface area contributed by atoms with Gasteiger partial charge in [0.1, 0.15) is 5.82 Å². The second-order valence-corrected chi connectivity index (χ2v) is 5.85. The highest BCUT2D eigenvalue weighted by Gasteiger charge is 2.10. The van der Waals surface area contributed by atoms with Crippen molar-refractivity contribution in [2.75, 3.05) is 43.9 Å². The number of aromatic nitrogens is 2. The van der Waals surface area contributed by atoms with Crippen molar-refractivity contribution in [3.05, 3.63) is 42.1 Å². The molecule has 124 valence electrons. The number of para-hydroxylation sites is 1. The summed E-state index contributed by atoms with van der Waals surface area (Å²) in [6.45, 7) is 6.93. The van der Waals surface area contributed by atoms with Crippen LogP contribution in [0.5, 0.6) is 0 Å². The van der Waals surface area contributed by atoms with Crippen molar-refractivity contribution in [1.29, 1.82) is 0 Å². The molecule has 2 aromatic rings. The van der Waals surface area contributed by atoms with Crippen LogP contribution in [0.1, 0.15) is 19.0 Å². The number of nitrogens with one attached hydrogen (secondary N) is 1. The Morgan fingerprint density at radius 1 is 1.09 bits per heavy atom. The van der Waals surface area contributed by atoms with Gasteiger partial charge in [-0.05, 0) is 53.0 Å². The fraction of sp³-hybridized carbons (Fsp3) is 0.444. The lowest BCUT2D eigenvalue weighted by Crippen LogP contribution is -2.20. The molecular formula is C18H27N5. The van der Waals surface area contributed by atoms with Gasteiger partial charge in [0.25, 0.3) is 0 Å². The highest BCUT2D eigenvalue weighted by atomic mass is 15.2. The summed E-state index contributed by atoms with van der Waals surface area (Å²) < 4.78 is 0. The van der Waals surface area contributed by atoms with Crippen LogP contribution >= 0.6 is 0 Å². The van der Waals surface area contributed by atoms with E-state index in [4.69, 9.17) is 0 Å². The molecule has 1 aromatic heterocycles. The molecule has 0 saturated heterocycles. The molecule has 0 saturated carbocycles. The molecule has 23 heavy (non-hydrogen) atoms. The van der Waals surface area contributed by atoms with Crippen molar-refractivity contribution >= 4 is 17.5 Å². The molecule has 0 atom stereocenters. The van der Waals surface area contributed by atoms with Gasteiger partial charge in [0.2, 0.25) is 5.95 Å². The minimum atomic E-state index is 0.702. The second-order valence-electron chi connectivity index (χ2n) is 5.85. The molecule has 1 N–H and O–H groups in total. The predicted molar refractivity (Wildman–Crippen MR) is 97.6 cm³/mol. The first kappa shape index (κ1) is 17.2. The molecule has 0 bridgehead atoms. The smallest absolute Gasteiger partial charge is 0.224 e. The Morgan fingerprint density at radius 2 is 1.83 bits per heavy atom. The standard InChI is InChI=1S/C18H27N5/c1-5-23(16-10-7-6-8-11-16)17-14-15(2)20-18(21-17)19-12-9-13-22(3)4/h6-8,10-11,14H,5,9,12-13H2,1-4H3,(H,19,20,21). The highest BCUT2D eigenvalue weighted by Crippen LogP contribution is 2.24. The third-order valence-electron chi connectivity index (χ3n) is 3.57. The van der Waals surface area contributed by atoms with Crippen LogP contribution in [0, 0.1) is 6.92 Å². The molecule has 0 aliphatic heterocycles. The van der Waals surface area contributed by atoms with Gasteiger partial charge >= 0.3 is 0 Å². The summed E-state index contributed by atoms with van der Waals surface area (Å²) in [5.74, 6) is 1.63. The van der Waals surface area contributed by atoms with Crippen LogP contribution in [-0.4, -0.2) is 48.6 Å². The van der Waals surface area contributed by atoms with Crippen molar-refractivity contribution in [3.63, 3.8) is 0 Å². The summed E-state index contributed by atoms with van der Waals surface area (Å²) in [5.41, 5.74) is 2.12. The number of hydrogen-bond donors (Lipinski definition) is 1.